The van der Waals surface area contributed by atoms with E-state index in [9.17, 15) is 13.2 Å². The Morgan fingerprint density at radius 3 is 2.54 bits per heavy atom. The number of amidine groups is 2. The topological polar surface area (TPSA) is 60.0 Å². The molecule has 0 spiro atoms. The lowest BCUT2D eigenvalue weighted by Crippen LogP contribution is -2.68. The van der Waals surface area contributed by atoms with Crippen LogP contribution in [-0.2, 0) is 10.9 Å². The number of halogens is 3. The van der Waals surface area contributed by atoms with Crippen LogP contribution in [-0.4, -0.2) is 29.0 Å². The molecule has 1 aromatic rings. The molecular weight excluding hydrogens is 369 g/mol. The number of hydrogen-bond acceptors (Lipinski definition) is 4. The van der Waals surface area contributed by atoms with Crippen LogP contribution in [0.5, 0.6) is 0 Å². The zero-order chi connectivity index (χ0) is 20.0. The number of hydrogen-bond donors (Lipinski definition) is 1. The SMILES string of the molecule is COC1([N+]23C=C(N)C=CC2=NN=C3c2cccc(C(F)(F)F)c2)CCCCC1. The monoisotopic (exact) mass is 391 g/mol. The Hall–Kier alpha value is -2.45. The predicted octanol–water partition coefficient (Wildman–Crippen LogP) is 4.27. The third kappa shape index (κ3) is 2.70. The quantitative estimate of drug-likeness (QED) is 0.782. The Balaban J connectivity index is 1.90. The fraction of sp³-hybridized carbons (Fsp3) is 0.400. The minimum atomic E-state index is -4.44. The van der Waals surface area contributed by atoms with Gasteiger partial charge in [-0.15, -0.1) is 0 Å². The van der Waals surface area contributed by atoms with Gasteiger partial charge in [0.15, 0.2) is 0 Å². The van der Waals surface area contributed by atoms with E-state index < -0.39 is 17.5 Å². The molecule has 2 heterocycles. The minimum absolute atomic E-state index is 0.00680. The molecular formula is C20H22F3N4O+. The molecule has 4 rings (SSSR count). The number of nitrogens with zero attached hydrogens (tertiary/aromatic N) is 3. The van der Waals surface area contributed by atoms with Crippen molar-refractivity contribution in [2.45, 2.75) is 44.0 Å². The largest absolute Gasteiger partial charge is 0.416 e. The van der Waals surface area contributed by atoms with E-state index in [0.29, 0.717) is 22.9 Å². The first-order chi connectivity index (χ1) is 13.3. The Kier molecular flexibility index (Phi) is 4.43. The number of quaternary nitrogens is 1. The highest BCUT2D eigenvalue weighted by atomic mass is 19.4. The number of methoxy groups -OCH3 is 1. The van der Waals surface area contributed by atoms with Gasteiger partial charge in [-0.1, -0.05) is 22.7 Å². The summed E-state index contributed by atoms with van der Waals surface area (Å²) >= 11 is 0. The Morgan fingerprint density at radius 1 is 1.11 bits per heavy atom. The first kappa shape index (κ1) is 18.9. The van der Waals surface area contributed by atoms with Gasteiger partial charge in [0.05, 0.1) is 16.8 Å². The number of benzene rings is 1. The minimum Gasteiger partial charge on any atom is -0.394 e. The summed E-state index contributed by atoms with van der Waals surface area (Å²) in [7, 11) is 1.64. The molecule has 0 saturated heterocycles. The van der Waals surface area contributed by atoms with Crippen molar-refractivity contribution in [3.63, 3.8) is 0 Å². The number of ether oxygens (including phenoxy) is 1. The number of allylic oxidation sites excluding steroid dienone is 1. The second-order valence-corrected chi connectivity index (χ2v) is 7.36. The van der Waals surface area contributed by atoms with Crippen LogP contribution in [0.3, 0.4) is 0 Å². The number of alkyl halides is 3. The fourth-order valence-corrected chi connectivity index (χ4v) is 4.48. The molecule has 3 aliphatic rings. The van der Waals surface area contributed by atoms with E-state index in [1.807, 2.05) is 0 Å². The first-order valence-electron chi connectivity index (χ1n) is 9.27. The summed E-state index contributed by atoms with van der Waals surface area (Å²) < 4.78 is 46.0. The standard InChI is InChI=1S/C20H22F3N4O/c1-28-19(10-3-2-4-11-19)27-13-16(24)8-9-17(27)25-26-18(27)14-6-5-7-15(12-14)20(21,22)23/h5-9,12-13H,2-4,10-11,24H2,1H3/q+1. The Labute approximate surface area is 161 Å². The van der Waals surface area contributed by atoms with Gasteiger partial charge in [-0.25, -0.2) is 0 Å². The molecule has 1 saturated carbocycles. The zero-order valence-corrected chi connectivity index (χ0v) is 15.5. The van der Waals surface area contributed by atoms with Crippen molar-refractivity contribution < 1.29 is 22.4 Å². The molecule has 28 heavy (non-hydrogen) atoms. The summed E-state index contributed by atoms with van der Waals surface area (Å²) in [5.41, 5.74) is 5.57. The van der Waals surface area contributed by atoms with Gasteiger partial charge in [-0.3, -0.25) is 0 Å². The van der Waals surface area contributed by atoms with Crippen LogP contribution >= 0.6 is 0 Å². The molecule has 0 bridgehead atoms. The fourth-order valence-electron chi connectivity index (χ4n) is 4.48. The second-order valence-electron chi connectivity index (χ2n) is 7.36. The smallest absolute Gasteiger partial charge is 0.394 e. The van der Waals surface area contributed by atoms with Crippen LogP contribution in [0.25, 0.3) is 0 Å². The summed E-state index contributed by atoms with van der Waals surface area (Å²) in [5, 5.41) is 8.64. The van der Waals surface area contributed by atoms with Gasteiger partial charge in [0.25, 0.3) is 11.7 Å². The van der Waals surface area contributed by atoms with Crippen molar-refractivity contribution in [3.05, 3.63) is 59.4 Å². The third-order valence-electron chi connectivity index (χ3n) is 5.82. The van der Waals surface area contributed by atoms with Gasteiger partial charge in [0.1, 0.15) is 6.20 Å². The molecule has 1 fully saturated rings. The lowest BCUT2D eigenvalue weighted by molar-refractivity contribution is -0.796. The number of fused-ring (bicyclic) bond motifs is 1. The summed E-state index contributed by atoms with van der Waals surface area (Å²) in [6, 6.07) is 5.19. The molecule has 1 aliphatic carbocycles. The molecule has 2 aliphatic heterocycles. The van der Waals surface area contributed by atoms with Gasteiger partial charge in [-0.05, 0) is 37.1 Å². The molecule has 0 amide bonds. The van der Waals surface area contributed by atoms with Crippen molar-refractivity contribution in [1.82, 2.24) is 0 Å². The average molecular weight is 391 g/mol. The van der Waals surface area contributed by atoms with E-state index in [0.717, 1.165) is 44.2 Å². The van der Waals surface area contributed by atoms with Crippen molar-refractivity contribution in [2.24, 2.45) is 15.9 Å². The van der Waals surface area contributed by atoms with Gasteiger partial charge < -0.3 is 10.5 Å². The number of nitrogens with two attached hydrogens (primary N) is 1. The highest BCUT2D eigenvalue weighted by Crippen LogP contribution is 2.46. The molecule has 0 aromatic heterocycles. The van der Waals surface area contributed by atoms with Gasteiger partial charge in [0, 0.05) is 26.0 Å². The molecule has 148 valence electrons. The van der Waals surface area contributed by atoms with Crippen LogP contribution in [0.1, 0.15) is 43.2 Å². The molecule has 1 aromatic carbocycles. The lowest BCUT2D eigenvalue weighted by atomic mass is 9.86. The highest BCUT2D eigenvalue weighted by molar-refractivity contribution is 6.08. The van der Waals surface area contributed by atoms with E-state index in [-0.39, 0.29) is 4.48 Å². The number of rotatable bonds is 3. The molecule has 1 unspecified atom stereocenters. The summed E-state index contributed by atoms with van der Waals surface area (Å²) in [6.45, 7) is 0. The van der Waals surface area contributed by atoms with Crippen LogP contribution in [0, 0.1) is 0 Å². The molecule has 5 nitrogen and oxygen atoms in total. The Morgan fingerprint density at radius 2 is 1.86 bits per heavy atom. The maximum absolute atomic E-state index is 13.3. The predicted molar refractivity (Wildman–Crippen MR) is 99.9 cm³/mol. The molecule has 0 radical (unpaired) electrons. The molecule has 8 heteroatoms. The first-order valence-corrected chi connectivity index (χ1v) is 9.27. The Bertz CT molecular complexity index is 910. The van der Waals surface area contributed by atoms with E-state index in [1.165, 1.54) is 6.07 Å². The average Bonchev–Trinajstić information content (AvgIpc) is 3.08. The van der Waals surface area contributed by atoms with Crippen LogP contribution < -0.4 is 5.73 Å². The molecule has 2 N–H and O–H groups in total. The van der Waals surface area contributed by atoms with Gasteiger partial charge >= 0.3 is 6.18 Å². The van der Waals surface area contributed by atoms with Crippen molar-refractivity contribution >= 4 is 11.7 Å². The van der Waals surface area contributed by atoms with E-state index in [2.05, 4.69) is 10.2 Å². The van der Waals surface area contributed by atoms with Crippen molar-refractivity contribution in [2.75, 3.05) is 7.11 Å². The van der Waals surface area contributed by atoms with E-state index in [4.69, 9.17) is 10.5 Å². The third-order valence-corrected chi connectivity index (χ3v) is 5.82. The van der Waals surface area contributed by atoms with Crippen molar-refractivity contribution in [1.29, 1.82) is 0 Å². The summed E-state index contributed by atoms with van der Waals surface area (Å²) in [4.78, 5) is 0. The highest BCUT2D eigenvalue weighted by Gasteiger charge is 2.61. The summed E-state index contributed by atoms with van der Waals surface area (Å²) in [5.74, 6) is 1.00. The van der Waals surface area contributed by atoms with Crippen LogP contribution in [0.4, 0.5) is 13.2 Å². The van der Waals surface area contributed by atoms with Gasteiger partial charge in [-0.2, -0.15) is 17.7 Å². The maximum atomic E-state index is 13.3. The van der Waals surface area contributed by atoms with Gasteiger partial charge in [0.2, 0.25) is 5.72 Å². The van der Waals surface area contributed by atoms with E-state index in [1.54, 1.807) is 31.5 Å². The lowest BCUT2D eigenvalue weighted by Gasteiger charge is -2.49. The molecule has 1 atom stereocenters. The van der Waals surface area contributed by atoms with E-state index >= 15 is 0 Å². The van der Waals surface area contributed by atoms with Crippen LogP contribution in [0.2, 0.25) is 0 Å². The second kappa shape index (κ2) is 6.56. The zero-order valence-electron chi connectivity index (χ0n) is 15.5. The summed E-state index contributed by atoms with van der Waals surface area (Å²) in [6.07, 6.45) is 5.33. The normalized spacial score (nSPS) is 26.4. The maximum Gasteiger partial charge on any atom is 0.416 e. The van der Waals surface area contributed by atoms with Crippen LogP contribution in [0.15, 0.2) is 58.5 Å². The van der Waals surface area contributed by atoms with Crippen molar-refractivity contribution in [3.8, 4) is 0 Å².